The van der Waals surface area contributed by atoms with Crippen molar-refractivity contribution >= 4 is 7.82 Å². The maximum atomic E-state index is 14.9. The van der Waals surface area contributed by atoms with Crippen molar-refractivity contribution in [3.63, 3.8) is 0 Å². The van der Waals surface area contributed by atoms with E-state index < -0.39 is 62.1 Å². The summed E-state index contributed by atoms with van der Waals surface area (Å²) < 4.78 is 88.9. The van der Waals surface area contributed by atoms with Crippen LogP contribution in [-0.4, -0.2) is 46.3 Å². The molecular formula is C13H15F4N2O7P. The van der Waals surface area contributed by atoms with Crippen LogP contribution in [0.3, 0.4) is 0 Å². The van der Waals surface area contributed by atoms with Gasteiger partial charge in [-0.1, -0.05) is 0 Å². The van der Waals surface area contributed by atoms with Crippen molar-refractivity contribution in [2.75, 3.05) is 6.61 Å². The summed E-state index contributed by atoms with van der Waals surface area (Å²) in [5.41, 5.74) is -5.19. The Morgan fingerprint density at radius 2 is 2.04 bits per heavy atom. The number of H-pyrrole nitrogens is 1. The molecule has 1 N–H and O–H groups in total. The first-order valence-corrected chi connectivity index (χ1v) is 9.14. The van der Waals surface area contributed by atoms with Crippen LogP contribution in [0.4, 0.5) is 17.6 Å². The number of phosphoric ester groups is 1. The van der Waals surface area contributed by atoms with Crippen LogP contribution in [0.25, 0.3) is 0 Å². The number of aromatic nitrogens is 2. The Hall–Kier alpha value is -1.53. The van der Waals surface area contributed by atoms with Gasteiger partial charge in [0.25, 0.3) is 12.0 Å². The molecule has 0 spiro atoms. The minimum atomic E-state index is -4.58. The summed E-state index contributed by atoms with van der Waals surface area (Å²) in [5.74, 6) is -4.24. The zero-order valence-electron chi connectivity index (χ0n) is 13.9. The van der Waals surface area contributed by atoms with Crippen molar-refractivity contribution in [3.8, 4) is 0 Å². The topological polar surface area (TPSA) is 109 Å². The lowest BCUT2D eigenvalue weighted by Crippen LogP contribution is -2.57. The molecule has 1 aromatic heterocycles. The van der Waals surface area contributed by atoms with Gasteiger partial charge < -0.3 is 4.74 Å². The van der Waals surface area contributed by atoms with Gasteiger partial charge in [-0.25, -0.2) is 18.1 Å². The van der Waals surface area contributed by atoms with Crippen LogP contribution in [0, 0.1) is 0 Å². The van der Waals surface area contributed by atoms with Crippen LogP contribution in [0.15, 0.2) is 21.9 Å². The monoisotopic (exact) mass is 418 g/mol. The molecule has 0 saturated carbocycles. The molecule has 0 aliphatic carbocycles. The largest absolute Gasteiger partial charge is 0.475 e. The van der Waals surface area contributed by atoms with E-state index in [0.717, 1.165) is 6.07 Å². The van der Waals surface area contributed by atoms with Gasteiger partial charge in [-0.2, -0.15) is 8.78 Å². The Bertz CT molecular complexity index is 888. The summed E-state index contributed by atoms with van der Waals surface area (Å²) in [4.78, 5) is 24.7. The van der Waals surface area contributed by atoms with Crippen molar-refractivity contribution in [1.82, 2.24) is 9.55 Å². The molecule has 0 radical (unpaired) electrons. The molecular weight excluding hydrogens is 403 g/mol. The number of nitrogens with zero attached hydrogens (tertiary/aromatic N) is 1. The first kappa shape index (κ1) is 20.2. The van der Waals surface area contributed by atoms with Gasteiger partial charge in [-0.15, -0.1) is 0 Å². The molecule has 14 heteroatoms. The predicted molar refractivity (Wildman–Crippen MR) is 79.8 cm³/mol. The molecule has 0 aromatic carbocycles. The van der Waals surface area contributed by atoms with Crippen LogP contribution in [0.2, 0.25) is 0 Å². The molecule has 2 aliphatic heterocycles. The number of ether oxygens (including phenoxy) is 1. The maximum absolute atomic E-state index is 14.9. The number of hydrogen-bond donors (Lipinski definition) is 1. The maximum Gasteiger partial charge on any atom is 0.475 e. The molecule has 1 aromatic rings. The van der Waals surface area contributed by atoms with Gasteiger partial charge >= 0.3 is 19.4 Å². The molecule has 2 saturated heterocycles. The number of nitrogens with one attached hydrogen (secondary N) is 1. The number of rotatable bonds is 4. The number of phosphoric acid groups is 1. The molecule has 9 nitrogen and oxygen atoms in total. The normalized spacial score (nSPS) is 35.6. The van der Waals surface area contributed by atoms with E-state index in [9.17, 15) is 31.7 Å². The molecule has 2 aliphatic rings. The van der Waals surface area contributed by atoms with Crippen molar-refractivity contribution < 1.29 is 40.4 Å². The van der Waals surface area contributed by atoms with E-state index in [0.29, 0.717) is 6.20 Å². The van der Waals surface area contributed by atoms with Crippen LogP contribution < -0.4 is 11.2 Å². The second-order valence-corrected chi connectivity index (χ2v) is 7.85. The second-order valence-electron chi connectivity index (χ2n) is 6.28. The van der Waals surface area contributed by atoms with Crippen molar-refractivity contribution in [3.05, 3.63) is 33.1 Å². The van der Waals surface area contributed by atoms with Gasteiger partial charge in [-0.3, -0.25) is 27.9 Å². The molecule has 4 atom stereocenters. The highest BCUT2D eigenvalue weighted by Gasteiger charge is 2.75. The second kappa shape index (κ2) is 6.52. The molecule has 27 heavy (non-hydrogen) atoms. The number of alkyl halides is 4. The van der Waals surface area contributed by atoms with E-state index >= 15 is 0 Å². The molecule has 152 valence electrons. The number of halogens is 4. The molecule has 2 fully saturated rings. The van der Waals surface area contributed by atoms with Crippen LogP contribution in [0.1, 0.15) is 20.1 Å². The summed E-state index contributed by atoms with van der Waals surface area (Å²) in [5, 5.41) is 0. The van der Waals surface area contributed by atoms with Gasteiger partial charge in [0.2, 0.25) is 6.23 Å². The fourth-order valence-electron chi connectivity index (χ4n) is 2.81. The number of aromatic amines is 1. The average molecular weight is 418 g/mol. The third-order valence-corrected chi connectivity index (χ3v) is 5.54. The van der Waals surface area contributed by atoms with Gasteiger partial charge in [0.15, 0.2) is 11.7 Å². The molecule has 3 rings (SSSR count). The Morgan fingerprint density at radius 1 is 1.37 bits per heavy atom. The molecule has 0 bridgehead atoms. The Balaban J connectivity index is 2.06. The van der Waals surface area contributed by atoms with Crippen LogP contribution >= 0.6 is 7.82 Å². The Kier molecular flexibility index (Phi) is 4.88. The summed E-state index contributed by atoms with van der Waals surface area (Å²) >= 11 is 0. The Morgan fingerprint density at radius 3 is 2.59 bits per heavy atom. The summed E-state index contributed by atoms with van der Waals surface area (Å²) in [6, 6.07) is 0.738. The van der Waals surface area contributed by atoms with Gasteiger partial charge in [-0.05, 0) is 13.8 Å². The van der Waals surface area contributed by atoms with Gasteiger partial charge in [0.1, 0.15) is 0 Å². The van der Waals surface area contributed by atoms with Crippen molar-refractivity contribution in [1.29, 1.82) is 0 Å². The summed E-state index contributed by atoms with van der Waals surface area (Å²) in [6.07, 6.45) is -8.93. The molecule has 0 amide bonds. The van der Waals surface area contributed by atoms with E-state index in [1.54, 1.807) is 4.98 Å². The first-order chi connectivity index (χ1) is 12.4. The zero-order valence-corrected chi connectivity index (χ0v) is 14.8. The van der Waals surface area contributed by atoms with Crippen molar-refractivity contribution in [2.45, 2.75) is 50.2 Å². The lowest BCUT2D eigenvalue weighted by Gasteiger charge is -2.39. The summed E-state index contributed by atoms with van der Waals surface area (Å²) in [6.45, 7) is 1.60. The third-order valence-electron chi connectivity index (χ3n) is 3.95. The number of hydrogen-bond acceptors (Lipinski definition) is 7. The van der Waals surface area contributed by atoms with Crippen LogP contribution in [-0.2, 0) is 22.9 Å². The highest BCUT2D eigenvalue weighted by atomic mass is 31.2. The van der Waals surface area contributed by atoms with E-state index in [-0.39, 0.29) is 4.57 Å². The highest BCUT2D eigenvalue weighted by molar-refractivity contribution is 7.48. The lowest BCUT2D eigenvalue weighted by molar-refractivity contribution is -0.209. The minimum Gasteiger partial charge on any atom is -0.333 e. The molecule has 3 heterocycles. The molecule has 1 unspecified atom stereocenters. The third kappa shape index (κ3) is 3.27. The standard InChI is InChI=1S/C13H15F4N2O7P/c1-6(2)25-27(22)23-5-12(9(14)15)8(26-27)13(16,17)10(24-12)19-4-3-7(20)18-11(19)21/h3-4,6,8-10H,5H2,1-2H3,(H,18,20,21)/t8-,10-,12-,27?/m0/s1. The summed E-state index contributed by atoms with van der Waals surface area (Å²) in [7, 11) is -4.58. The smallest absolute Gasteiger partial charge is 0.333 e. The Labute approximate surface area is 148 Å². The fourth-order valence-corrected chi connectivity index (χ4v) is 4.43. The fraction of sp³-hybridized carbons (Fsp3) is 0.692. The van der Waals surface area contributed by atoms with Crippen LogP contribution in [0.5, 0.6) is 0 Å². The zero-order chi connectivity index (χ0) is 20.2. The SMILES string of the molecule is CC(C)OP1(=O)OC[C@]2(C(F)F)O[C@H](n3ccc(=O)[nH]c3=O)C(F)(F)[C@H]2O1. The predicted octanol–water partition coefficient (Wildman–Crippen LogP) is 1.65. The van der Waals surface area contributed by atoms with Crippen molar-refractivity contribution in [2.24, 2.45) is 0 Å². The average Bonchev–Trinajstić information content (AvgIpc) is 2.75. The lowest BCUT2D eigenvalue weighted by atomic mass is 9.96. The minimum absolute atomic E-state index is 0.238. The number of fused-ring (bicyclic) bond motifs is 1. The van der Waals surface area contributed by atoms with E-state index in [1.165, 1.54) is 13.8 Å². The van der Waals surface area contributed by atoms with Gasteiger partial charge in [0, 0.05) is 12.3 Å². The van der Waals surface area contributed by atoms with E-state index in [2.05, 4.69) is 4.52 Å². The van der Waals surface area contributed by atoms with E-state index in [1.807, 2.05) is 0 Å². The highest BCUT2D eigenvalue weighted by Crippen LogP contribution is 2.64. The van der Waals surface area contributed by atoms with Gasteiger partial charge in [0.05, 0.1) is 12.7 Å². The quantitative estimate of drug-likeness (QED) is 0.585. The first-order valence-electron chi connectivity index (χ1n) is 7.68. The van der Waals surface area contributed by atoms with E-state index in [4.69, 9.17) is 13.8 Å².